The second-order valence-electron chi connectivity index (χ2n) is 7.06. The number of hydrogen-bond donors (Lipinski definition) is 1. The molecule has 0 saturated carbocycles. The van der Waals surface area contributed by atoms with Gasteiger partial charge in [-0.25, -0.2) is 9.18 Å². The highest BCUT2D eigenvalue weighted by molar-refractivity contribution is 7.11. The van der Waals surface area contributed by atoms with Gasteiger partial charge < -0.3 is 15.0 Å². The van der Waals surface area contributed by atoms with E-state index in [-0.39, 0.29) is 18.0 Å². The number of amides is 1. The fraction of sp³-hybridized carbons (Fsp3) is 0.529. The summed E-state index contributed by atoms with van der Waals surface area (Å²) in [5.41, 5.74) is 0.335. The maximum atomic E-state index is 13.5. The molecule has 0 spiro atoms. The molecule has 7 heteroatoms. The lowest BCUT2D eigenvalue weighted by Gasteiger charge is -2.33. The van der Waals surface area contributed by atoms with E-state index in [4.69, 9.17) is 4.74 Å². The van der Waals surface area contributed by atoms with Gasteiger partial charge in [0.15, 0.2) is 0 Å². The Morgan fingerprint density at radius 3 is 2.75 bits per heavy atom. The Labute approximate surface area is 145 Å². The zero-order valence-corrected chi connectivity index (χ0v) is 15.0. The fourth-order valence-electron chi connectivity index (χ4n) is 2.83. The third kappa shape index (κ3) is 3.95. The van der Waals surface area contributed by atoms with Crippen molar-refractivity contribution in [2.24, 2.45) is 0 Å². The fourth-order valence-corrected chi connectivity index (χ4v) is 3.73. The minimum atomic E-state index is -0.490. The lowest BCUT2D eigenvalue weighted by molar-refractivity contribution is 0.0497. The van der Waals surface area contributed by atoms with E-state index in [1.165, 1.54) is 17.6 Å². The Morgan fingerprint density at radius 2 is 2.08 bits per heavy atom. The standard InChI is InChI=1S/C17H22FN3O2S/c1-17(2,3)23-16(22)19-12-6-8-21(9-7-12)15-13-10-11(18)4-5-14(13)20-24-15/h4-5,10,12H,6-9H2,1-3H3,(H,19,22). The number of alkyl carbamates (subject to hydrolysis) is 1. The Kier molecular flexibility index (Phi) is 4.62. The molecule has 2 heterocycles. The zero-order valence-electron chi connectivity index (χ0n) is 14.1. The third-order valence-corrected chi connectivity index (χ3v) is 4.86. The summed E-state index contributed by atoms with van der Waals surface area (Å²) in [4.78, 5) is 14.1. The molecule has 2 aromatic rings. The zero-order chi connectivity index (χ0) is 17.3. The first-order chi connectivity index (χ1) is 11.3. The number of nitrogens with one attached hydrogen (secondary N) is 1. The molecule has 0 unspecified atom stereocenters. The monoisotopic (exact) mass is 351 g/mol. The minimum Gasteiger partial charge on any atom is -0.444 e. The summed E-state index contributed by atoms with van der Waals surface area (Å²) < 4.78 is 23.2. The molecule has 1 fully saturated rings. The molecule has 3 rings (SSSR count). The maximum absolute atomic E-state index is 13.5. The van der Waals surface area contributed by atoms with Crippen LogP contribution in [0.15, 0.2) is 18.2 Å². The van der Waals surface area contributed by atoms with Crippen LogP contribution in [0.4, 0.5) is 14.2 Å². The molecule has 1 aliphatic heterocycles. The van der Waals surface area contributed by atoms with E-state index in [9.17, 15) is 9.18 Å². The first-order valence-corrected chi connectivity index (χ1v) is 8.88. The van der Waals surface area contributed by atoms with Crippen molar-refractivity contribution in [3.63, 3.8) is 0 Å². The average molecular weight is 351 g/mol. The number of halogens is 1. The molecule has 0 aliphatic carbocycles. The van der Waals surface area contributed by atoms with Gasteiger partial charge in [-0.05, 0) is 63.3 Å². The van der Waals surface area contributed by atoms with Crippen LogP contribution in [0.2, 0.25) is 0 Å². The van der Waals surface area contributed by atoms with Gasteiger partial charge in [0.2, 0.25) is 0 Å². The van der Waals surface area contributed by atoms with E-state index in [0.29, 0.717) is 0 Å². The summed E-state index contributed by atoms with van der Waals surface area (Å²) >= 11 is 1.40. The molecule has 1 aliphatic rings. The van der Waals surface area contributed by atoms with E-state index < -0.39 is 5.60 Å². The molecule has 1 amide bonds. The van der Waals surface area contributed by atoms with E-state index in [0.717, 1.165) is 41.8 Å². The largest absolute Gasteiger partial charge is 0.444 e. The molecule has 5 nitrogen and oxygen atoms in total. The van der Waals surface area contributed by atoms with Crippen molar-refractivity contribution in [3.05, 3.63) is 24.0 Å². The first kappa shape index (κ1) is 17.0. The van der Waals surface area contributed by atoms with Crippen LogP contribution in [0.3, 0.4) is 0 Å². The molecule has 1 aromatic carbocycles. The summed E-state index contributed by atoms with van der Waals surface area (Å²) in [6, 6.07) is 4.79. The van der Waals surface area contributed by atoms with E-state index >= 15 is 0 Å². The molecular formula is C17H22FN3O2S. The number of benzene rings is 1. The van der Waals surface area contributed by atoms with Gasteiger partial charge in [-0.3, -0.25) is 0 Å². The van der Waals surface area contributed by atoms with Gasteiger partial charge in [-0.15, -0.1) is 0 Å². The topological polar surface area (TPSA) is 54.5 Å². The highest BCUT2D eigenvalue weighted by Crippen LogP contribution is 2.33. The highest BCUT2D eigenvalue weighted by Gasteiger charge is 2.25. The lowest BCUT2D eigenvalue weighted by Crippen LogP contribution is -2.46. The molecule has 1 saturated heterocycles. The van der Waals surface area contributed by atoms with Gasteiger partial charge in [0, 0.05) is 24.5 Å². The van der Waals surface area contributed by atoms with Crippen LogP contribution in [0.5, 0.6) is 0 Å². The van der Waals surface area contributed by atoms with Gasteiger partial charge in [0.05, 0.1) is 5.52 Å². The number of hydrogen-bond acceptors (Lipinski definition) is 5. The van der Waals surface area contributed by atoms with Crippen LogP contribution in [-0.4, -0.2) is 35.2 Å². The molecular weight excluding hydrogens is 329 g/mol. The molecule has 1 N–H and O–H groups in total. The predicted octanol–water partition coefficient (Wildman–Crippen LogP) is 3.93. The van der Waals surface area contributed by atoms with Crippen LogP contribution in [0.1, 0.15) is 33.6 Å². The van der Waals surface area contributed by atoms with Crippen LogP contribution < -0.4 is 10.2 Å². The summed E-state index contributed by atoms with van der Waals surface area (Å²) in [6.07, 6.45) is 1.29. The second kappa shape index (κ2) is 6.55. The van der Waals surface area contributed by atoms with E-state index in [1.807, 2.05) is 20.8 Å². The number of nitrogens with zero attached hydrogens (tertiary/aromatic N) is 2. The highest BCUT2D eigenvalue weighted by atomic mass is 32.1. The number of aromatic nitrogens is 1. The smallest absolute Gasteiger partial charge is 0.407 e. The molecule has 130 valence electrons. The van der Waals surface area contributed by atoms with Crippen LogP contribution >= 0.6 is 11.5 Å². The number of ether oxygens (including phenoxy) is 1. The number of carbonyl (C=O) groups excluding carboxylic acids is 1. The normalized spacial score (nSPS) is 16.4. The molecule has 0 radical (unpaired) electrons. The lowest BCUT2D eigenvalue weighted by atomic mass is 10.1. The first-order valence-electron chi connectivity index (χ1n) is 8.11. The van der Waals surface area contributed by atoms with Crippen LogP contribution in [-0.2, 0) is 4.74 Å². The van der Waals surface area contributed by atoms with Gasteiger partial charge in [0.1, 0.15) is 16.4 Å². The Balaban J connectivity index is 1.60. The molecule has 0 bridgehead atoms. The van der Waals surface area contributed by atoms with Crippen molar-refractivity contribution in [2.75, 3.05) is 18.0 Å². The summed E-state index contributed by atoms with van der Waals surface area (Å²) in [7, 11) is 0. The Hall–Kier alpha value is -1.89. The van der Waals surface area contributed by atoms with Gasteiger partial charge in [-0.1, -0.05) is 0 Å². The van der Waals surface area contributed by atoms with E-state index in [2.05, 4.69) is 14.6 Å². The molecule has 1 aromatic heterocycles. The van der Waals surface area contributed by atoms with E-state index in [1.54, 1.807) is 12.1 Å². The van der Waals surface area contributed by atoms with Crippen LogP contribution in [0, 0.1) is 5.82 Å². The Morgan fingerprint density at radius 1 is 1.38 bits per heavy atom. The van der Waals surface area contributed by atoms with Crippen molar-refractivity contribution in [1.82, 2.24) is 9.69 Å². The maximum Gasteiger partial charge on any atom is 0.407 e. The Bertz CT molecular complexity index is 733. The average Bonchev–Trinajstić information content (AvgIpc) is 2.89. The number of rotatable bonds is 2. The van der Waals surface area contributed by atoms with Crippen molar-refractivity contribution in [3.8, 4) is 0 Å². The number of anilines is 1. The van der Waals surface area contributed by atoms with Crippen molar-refractivity contribution in [1.29, 1.82) is 0 Å². The SMILES string of the molecule is CC(C)(C)OC(=O)NC1CCN(c2snc3ccc(F)cc23)CC1. The third-order valence-electron chi connectivity index (χ3n) is 3.92. The summed E-state index contributed by atoms with van der Waals surface area (Å²) in [6.45, 7) is 7.15. The van der Waals surface area contributed by atoms with Gasteiger partial charge >= 0.3 is 6.09 Å². The number of piperidine rings is 1. The number of carbonyl (C=O) groups is 1. The van der Waals surface area contributed by atoms with Crippen molar-refractivity contribution in [2.45, 2.75) is 45.3 Å². The summed E-state index contributed by atoms with van der Waals surface area (Å²) in [5.74, 6) is -0.245. The van der Waals surface area contributed by atoms with Crippen molar-refractivity contribution >= 4 is 33.5 Å². The van der Waals surface area contributed by atoms with Crippen molar-refractivity contribution < 1.29 is 13.9 Å². The van der Waals surface area contributed by atoms with Gasteiger partial charge in [-0.2, -0.15) is 4.37 Å². The van der Waals surface area contributed by atoms with Crippen LogP contribution in [0.25, 0.3) is 10.9 Å². The predicted molar refractivity (Wildman–Crippen MR) is 94.2 cm³/mol. The number of fused-ring (bicyclic) bond motifs is 1. The minimum absolute atomic E-state index is 0.104. The second-order valence-corrected chi connectivity index (χ2v) is 7.81. The summed E-state index contributed by atoms with van der Waals surface area (Å²) in [5, 5.41) is 4.79. The molecule has 0 atom stereocenters. The quantitative estimate of drug-likeness (QED) is 0.891. The molecule has 24 heavy (non-hydrogen) atoms. The van der Waals surface area contributed by atoms with Gasteiger partial charge in [0.25, 0.3) is 0 Å².